The van der Waals surface area contributed by atoms with Gasteiger partial charge < -0.3 is 5.32 Å². The molecule has 36 heavy (non-hydrogen) atoms. The molecule has 3 aromatic rings. The number of pyridine rings is 1. The van der Waals surface area contributed by atoms with E-state index < -0.39 is 32.0 Å². The zero-order valence-corrected chi connectivity index (χ0v) is 21.8. The first-order valence-electron chi connectivity index (χ1n) is 11.2. The summed E-state index contributed by atoms with van der Waals surface area (Å²) >= 11 is 1.45. The third kappa shape index (κ3) is 5.95. The first-order chi connectivity index (χ1) is 17.3. The molecular weight excluding hydrogens is 520 g/mol. The van der Waals surface area contributed by atoms with Gasteiger partial charge >= 0.3 is 0 Å². The fourth-order valence-electron chi connectivity index (χ4n) is 3.81. The topological polar surface area (TPSA) is 117 Å². The Bertz CT molecular complexity index is 1370. The minimum Gasteiger partial charge on any atom is -0.354 e. The third-order valence-corrected chi connectivity index (χ3v) is 10.4. The van der Waals surface area contributed by atoms with Crippen LogP contribution in [0.4, 0.5) is 0 Å². The molecule has 1 saturated heterocycles. The number of rotatable bonds is 9. The number of piperazine rings is 1. The van der Waals surface area contributed by atoms with Crippen LogP contribution in [0.25, 0.3) is 0 Å². The van der Waals surface area contributed by atoms with Crippen molar-refractivity contribution in [2.24, 2.45) is 0 Å². The minimum atomic E-state index is -4.03. The summed E-state index contributed by atoms with van der Waals surface area (Å²) in [6.07, 6.45) is 1.68. The zero-order chi connectivity index (χ0) is 25.6. The van der Waals surface area contributed by atoms with Crippen molar-refractivity contribution in [3.8, 4) is 0 Å². The maximum atomic E-state index is 13.4. The number of hydrogen-bond donors (Lipinski definition) is 1. The number of aromatic nitrogens is 1. The van der Waals surface area contributed by atoms with E-state index in [2.05, 4.69) is 10.3 Å². The first kappa shape index (κ1) is 26.3. The molecule has 1 fully saturated rings. The Hall–Kier alpha value is -2.77. The summed E-state index contributed by atoms with van der Waals surface area (Å²) in [5, 5.41) is 3.58. The Balaban J connectivity index is 1.54. The highest BCUT2D eigenvalue weighted by Gasteiger charge is 2.43. The summed E-state index contributed by atoms with van der Waals surface area (Å²) in [6.45, 7) is -0.240. The van der Waals surface area contributed by atoms with Crippen LogP contribution in [0.1, 0.15) is 0 Å². The Kier molecular flexibility index (Phi) is 8.42. The number of hydrogen-bond acceptors (Lipinski definition) is 7. The molecule has 190 valence electrons. The molecule has 0 spiro atoms. The van der Waals surface area contributed by atoms with Gasteiger partial charge in [-0.25, -0.2) is 21.8 Å². The molecule has 12 heteroatoms. The van der Waals surface area contributed by atoms with Crippen LogP contribution in [0.2, 0.25) is 0 Å². The van der Waals surface area contributed by atoms with Crippen molar-refractivity contribution in [3.05, 3.63) is 85.1 Å². The van der Waals surface area contributed by atoms with Crippen molar-refractivity contribution in [1.82, 2.24) is 18.9 Å². The van der Waals surface area contributed by atoms with E-state index in [4.69, 9.17) is 0 Å². The molecule has 0 unspecified atom stereocenters. The average molecular weight is 547 g/mol. The standard InChI is InChI=1S/C24H26N4O5S3/c29-24(26-15-18-34-23-13-7-8-14-25-23)22-19-27(35(30,31)20-9-3-1-4-10-20)16-17-28(22)36(32,33)21-11-5-2-6-12-21/h1-14,22H,15-19H2,(H,26,29)/t22-/m1/s1. The molecule has 2 aromatic carbocycles. The van der Waals surface area contributed by atoms with Gasteiger partial charge in [0.1, 0.15) is 6.04 Å². The maximum Gasteiger partial charge on any atom is 0.243 e. The quantitative estimate of drug-likeness (QED) is 0.323. The van der Waals surface area contributed by atoms with Crippen LogP contribution in [-0.4, -0.2) is 74.3 Å². The van der Waals surface area contributed by atoms with Gasteiger partial charge in [0.25, 0.3) is 0 Å². The third-order valence-electron chi connectivity index (χ3n) is 5.62. The molecule has 0 saturated carbocycles. The molecule has 2 heterocycles. The van der Waals surface area contributed by atoms with Crippen LogP contribution < -0.4 is 5.32 Å². The van der Waals surface area contributed by atoms with Crippen LogP contribution in [0, 0.1) is 0 Å². The van der Waals surface area contributed by atoms with Gasteiger partial charge in [-0.3, -0.25) is 4.79 Å². The molecule has 1 aromatic heterocycles. The lowest BCUT2D eigenvalue weighted by atomic mass is 10.2. The van der Waals surface area contributed by atoms with Gasteiger partial charge in [-0.15, -0.1) is 11.8 Å². The van der Waals surface area contributed by atoms with Crippen LogP contribution in [0.3, 0.4) is 0 Å². The second kappa shape index (κ2) is 11.5. The highest BCUT2D eigenvalue weighted by molar-refractivity contribution is 7.99. The van der Waals surface area contributed by atoms with Gasteiger partial charge in [-0.1, -0.05) is 42.5 Å². The number of nitrogens with one attached hydrogen (secondary N) is 1. The fraction of sp³-hybridized carbons (Fsp3) is 0.250. The largest absolute Gasteiger partial charge is 0.354 e. The SMILES string of the molecule is O=C(NCCSc1ccccn1)[C@H]1CN(S(=O)(=O)c2ccccc2)CCN1S(=O)(=O)c1ccccc1. The smallest absolute Gasteiger partial charge is 0.243 e. The fourth-order valence-corrected chi connectivity index (χ4v) is 7.58. The van der Waals surface area contributed by atoms with Crippen molar-refractivity contribution in [2.45, 2.75) is 20.9 Å². The Morgan fingerprint density at radius 3 is 2.08 bits per heavy atom. The second-order valence-corrected chi connectivity index (χ2v) is 12.9. The summed E-state index contributed by atoms with van der Waals surface area (Å²) in [6, 6.07) is 20.0. The van der Waals surface area contributed by atoms with E-state index in [9.17, 15) is 21.6 Å². The van der Waals surface area contributed by atoms with E-state index in [1.54, 1.807) is 42.6 Å². The van der Waals surface area contributed by atoms with Gasteiger partial charge in [-0.05, 0) is 36.4 Å². The molecule has 4 rings (SSSR count). The van der Waals surface area contributed by atoms with Gasteiger partial charge in [0.2, 0.25) is 26.0 Å². The van der Waals surface area contributed by atoms with Crippen molar-refractivity contribution < 1.29 is 21.6 Å². The Labute approximate surface area is 215 Å². The van der Waals surface area contributed by atoms with Crippen LogP contribution in [-0.2, 0) is 24.8 Å². The summed E-state index contributed by atoms with van der Waals surface area (Å²) < 4.78 is 55.5. The molecule has 1 aliphatic heterocycles. The number of benzene rings is 2. The van der Waals surface area contributed by atoms with Crippen LogP contribution in [0.5, 0.6) is 0 Å². The molecule has 1 N–H and O–H groups in total. The van der Waals surface area contributed by atoms with Crippen molar-refractivity contribution >= 4 is 37.7 Å². The van der Waals surface area contributed by atoms with E-state index in [-0.39, 0.29) is 36.0 Å². The van der Waals surface area contributed by atoms with E-state index in [1.165, 1.54) is 40.3 Å². The molecule has 0 radical (unpaired) electrons. The van der Waals surface area contributed by atoms with Crippen molar-refractivity contribution in [1.29, 1.82) is 0 Å². The number of sulfonamides is 2. The van der Waals surface area contributed by atoms with E-state index in [0.717, 1.165) is 9.33 Å². The minimum absolute atomic E-state index is 0.0490. The molecule has 1 amide bonds. The van der Waals surface area contributed by atoms with E-state index in [0.29, 0.717) is 5.75 Å². The van der Waals surface area contributed by atoms with Crippen molar-refractivity contribution in [3.63, 3.8) is 0 Å². The first-order valence-corrected chi connectivity index (χ1v) is 15.1. The van der Waals surface area contributed by atoms with Gasteiger partial charge in [-0.2, -0.15) is 8.61 Å². The molecular formula is C24H26N4O5S3. The van der Waals surface area contributed by atoms with Crippen LogP contribution in [0.15, 0.2) is 99.9 Å². The monoisotopic (exact) mass is 546 g/mol. The molecule has 9 nitrogen and oxygen atoms in total. The Morgan fingerprint density at radius 1 is 0.861 bits per heavy atom. The highest BCUT2D eigenvalue weighted by atomic mass is 32.2. The van der Waals surface area contributed by atoms with Crippen molar-refractivity contribution in [2.75, 3.05) is 31.9 Å². The summed E-state index contributed by atoms with van der Waals surface area (Å²) in [5.41, 5.74) is 0. The molecule has 1 aliphatic rings. The maximum absolute atomic E-state index is 13.4. The number of thioether (sulfide) groups is 1. The molecule has 0 bridgehead atoms. The normalized spacial score (nSPS) is 17.5. The Morgan fingerprint density at radius 2 is 1.47 bits per heavy atom. The summed E-state index contributed by atoms with van der Waals surface area (Å²) in [5.74, 6) is -0.0310. The molecule has 0 aliphatic carbocycles. The average Bonchev–Trinajstić information content (AvgIpc) is 2.92. The summed E-state index contributed by atoms with van der Waals surface area (Å²) in [4.78, 5) is 17.6. The zero-order valence-electron chi connectivity index (χ0n) is 19.3. The number of carbonyl (C=O) groups is 1. The predicted octanol–water partition coefficient (Wildman–Crippen LogP) is 2.05. The lowest BCUT2D eigenvalue weighted by molar-refractivity contribution is -0.125. The van der Waals surface area contributed by atoms with Crippen LogP contribution >= 0.6 is 11.8 Å². The second-order valence-electron chi connectivity index (χ2n) is 7.93. The van der Waals surface area contributed by atoms with E-state index in [1.807, 2.05) is 18.2 Å². The number of nitrogens with zero attached hydrogens (tertiary/aromatic N) is 3. The van der Waals surface area contributed by atoms with Gasteiger partial charge in [0.05, 0.1) is 14.8 Å². The lowest BCUT2D eigenvalue weighted by Crippen LogP contribution is -2.61. The van der Waals surface area contributed by atoms with E-state index >= 15 is 0 Å². The number of carbonyl (C=O) groups excluding carboxylic acids is 1. The number of amides is 1. The summed E-state index contributed by atoms with van der Waals surface area (Å²) in [7, 11) is -7.93. The predicted molar refractivity (Wildman–Crippen MR) is 137 cm³/mol. The van der Waals surface area contributed by atoms with Gasteiger partial charge in [0, 0.05) is 38.1 Å². The van der Waals surface area contributed by atoms with Gasteiger partial charge in [0.15, 0.2) is 0 Å². The highest BCUT2D eigenvalue weighted by Crippen LogP contribution is 2.25. The lowest BCUT2D eigenvalue weighted by Gasteiger charge is -2.38. The molecule has 1 atom stereocenters.